The van der Waals surface area contributed by atoms with E-state index in [1.165, 1.54) is 6.42 Å². The first-order valence-electron chi connectivity index (χ1n) is 7.43. The maximum Gasteiger partial charge on any atom is 0.258 e. The van der Waals surface area contributed by atoms with Crippen molar-refractivity contribution in [2.75, 3.05) is 6.61 Å². The number of carbonyl (C=O) groups excluding carboxylic acids is 1. The lowest BCUT2D eigenvalue weighted by atomic mass is 10.0. The molecule has 0 aliphatic heterocycles. The molecule has 0 saturated carbocycles. The Morgan fingerprint density at radius 3 is 2.76 bits per heavy atom. The molecule has 1 amide bonds. The van der Waals surface area contributed by atoms with Crippen LogP contribution in [0.4, 0.5) is 0 Å². The van der Waals surface area contributed by atoms with Gasteiger partial charge in [-0.15, -0.1) is 0 Å². The predicted molar refractivity (Wildman–Crippen MR) is 82.9 cm³/mol. The summed E-state index contributed by atoms with van der Waals surface area (Å²) in [5, 5.41) is 11.7. The molecular weight excluding hydrogens is 264 g/mol. The van der Waals surface area contributed by atoms with Gasteiger partial charge in [0.15, 0.2) is 6.61 Å². The molecule has 1 aromatic carbocycles. The van der Waals surface area contributed by atoms with Gasteiger partial charge < -0.3 is 10.1 Å². The van der Waals surface area contributed by atoms with Crippen LogP contribution in [0.3, 0.4) is 0 Å². The van der Waals surface area contributed by atoms with Crippen LogP contribution in [-0.4, -0.2) is 18.6 Å². The maximum absolute atomic E-state index is 11.8. The average Bonchev–Trinajstić information content (AvgIpc) is 2.45. The Balaban J connectivity index is 2.28. The largest absolute Gasteiger partial charge is 0.484 e. The first-order valence-corrected chi connectivity index (χ1v) is 7.43. The van der Waals surface area contributed by atoms with Crippen molar-refractivity contribution >= 4 is 5.91 Å². The van der Waals surface area contributed by atoms with Gasteiger partial charge in [0, 0.05) is 6.04 Å². The summed E-state index contributed by atoms with van der Waals surface area (Å²) in [5.74, 6) is 1.11. The number of carbonyl (C=O) groups is 1. The van der Waals surface area contributed by atoms with Crippen molar-refractivity contribution in [3.63, 3.8) is 0 Å². The molecule has 1 rings (SSSR count). The normalized spacial score (nSPS) is 11.8. The summed E-state index contributed by atoms with van der Waals surface area (Å²) in [6, 6.07) is 8.99. The number of amides is 1. The third-order valence-electron chi connectivity index (χ3n) is 3.16. The highest BCUT2D eigenvalue weighted by Gasteiger charge is 2.08. The van der Waals surface area contributed by atoms with Crippen molar-refractivity contribution in [1.29, 1.82) is 5.26 Å². The van der Waals surface area contributed by atoms with E-state index in [9.17, 15) is 4.79 Å². The summed E-state index contributed by atoms with van der Waals surface area (Å²) in [6.45, 7) is 6.39. The first kappa shape index (κ1) is 17.0. The van der Waals surface area contributed by atoms with Crippen LogP contribution in [0.1, 0.15) is 45.6 Å². The SMILES string of the molecule is CC(C)CCC[C@@H](C)NC(=O)COc1cccc(C#N)c1. The number of ether oxygens (including phenoxy) is 1. The van der Waals surface area contributed by atoms with E-state index in [2.05, 4.69) is 19.2 Å². The maximum atomic E-state index is 11.8. The van der Waals surface area contributed by atoms with E-state index in [-0.39, 0.29) is 18.6 Å². The summed E-state index contributed by atoms with van der Waals surface area (Å²) in [7, 11) is 0. The Kier molecular flexibility index (Phi) is 7.31. The zero-order valence-corrected chi connectivity index (χ0v) is 13.1. The van der Waals surface area contributed by atoms with Crippen LogP contribution < -0.4 is 10.1 Å². The Morgan fingerprint density at radius 2 is 2.10 bits per heavy atom. The third kappa shape index (κ3) is 7.36. The van der Waals surface area contributed by atoms with E-state index in [4.69, 9.17) is 10.00 Å². The Bertz CT molecular complexity index is 492. The molecule has 4 nitrogen and oxygen atoms in total. The van der Waals surface area contributed by atoms with Gasteiger partial charge in [-0.25, -0.2) is 0 Å². The molecular formula is C17H24N2O2. The fourth-order valence-electron chi connectivity index (χ4n) is 2.03. The van der Waals surface area contributed by atoms with Crippen LogP contribution in [-0.2, 0) is 4.79 Å². The molecule has 114 valence electrons. The van der Waals surface area contributed by atoms with Crippen LogP contribution in [0.25, 0.3) is 0 Å². The summed E-state index contributed by atoms with van der Waals surface area (Å²) < 4.78 is 5.39. The number of hydrogen-bond acceptors (Lipinski definition) is 3. The molecule has 0 fully saturated rings. The molecule has 0 bridgehead atoms. The number of nitrogens with zero attached hydrogens (tertiary/aromatic N) is 1. The van der Waals surface area contributed by atoms with E-state index >= 15 is 0 Å². The van der Waals surface area contributed by atoms with Gasteiger partial charge in [0.25, 0.3) is 5.91 Å². The van der Waals surface area contributed by atoms with Gasteiger partial charge in [0.05, 0.1) is 11.6 Å². The fourth-order valence-corrected chi connectivity index (χ4v) is 2.03. The second-order valence-electron chi connectivity index (χ2n) is 5.72. The molecule has 0 saturated heterocycles. The Hall–Kier alpha value is -2.02. The standard InChI is InChI=1S/C17H24N2O2/c1-13(2)6-4-7-14(3)19-17(20)12-21-16-9-5-8-15(10-16)11-18/h5,8-10,13-14H,4,6-7,12H2,1-3H3,(H,19,20)/t14-/m1/s1. The van der Waals surface area contributed by atoms with Crippen molar-refractivity contribution < 1.29 is 9.53 Å². The lowest BCUT2D eigenvalue weighted by molar-refractivity contribution is -0.123. The van der Waals surface area contributed by atoms with Gasteiger partial charge in [0.2, 0.25) is 0 Å². The molecule has 1 N–H and O–H groups in total. The zero-order valence-electron chi connectivity index (χ0n) is 13.1. The van der Waals surface area contributed by atoms with E-state index < -0.39 is 0 Å². The zero-order chi connectivity index (χ0) is 15.7. The molecule has 0 heterocycles. The molecule has 1 aromatic rings. The van der Waals surface area contributed by atoms with Crippen LogP contribution in [0.15, 0.2) is 24.3 Å². The lowest BCUT2D eigenvalue weighted by Crippen LogP contribution is -2.36. The van der Waals surface area contributed by atoms with E-state index in [0.717, 1.165) is 12.8 Å². The molecule has 4 heteroatoms. The highest BCUT2D eigenvalue weighted by molar-refractivity contribution is 5.77. The highest BCUT2D eigenvalue weighted by Crippen LogP contribution is 2.12. The van der Waals surface area contributed by atoms with Crippen LogP contribution in [0, 0.1) is 17.2 Å². The van der Waals surface area contributed by atoms with Gasteiger partial charge in [0.1, 0.15) is 5.75 Å². The number of hydrogen-bond donors (Lipinski definition) is 1. The van der Waals surface area contributed by atoms with E-state index in [0.29, 0.717) is 17.2 Å². The molecule has 0 radical (unpaired) electrons. The molecule has 0 unspecified atom stereocenters. The fraction of sp³-hybridized carbons (Fsp3) is 0.529. The number of benzene rings is 1. The topological polar surface area (TPSA) is 62.1 Å². The molecule has 0 aliphatic rings. The lowest BCUT2D eigenvalue weighted by Gasteiger charge is -2.15. The summed E-state index contributed by atoms with van der Waals surface area (Å²) in [5.41, 5.74) is 0.523. The van der Waals surface area contributed by atoms with Crippen molar-refractivity contribution in [2.45, 2.75) is 46.1 Å². The second kappa shape index (κ2) is 9.02. The Morgan fingerprint density at radius 1 is 1.33 bits per heavy atom. The van der Waals surface area contributed by atoms with Gasteiger partial charge in [-0.1, -0.05) is 32.8 Å². The molecule has 21 heavy (non-hydrogen) atoms. The summed E-state index contributed by atoms with van der Waals surface area (Å²) in [4.78, 5) is 11.8. The minimum Gasteiger partial charge on any atom is -0.484 e. The smallest absolute Gasteiger partial charge is 0.258 e. The highest BCUT2D eigenvalue weighted by atomic mass is 16.5. The minimum atomic E-state index is -0.130. The monoisotopic (exact) mass is 288 g/mol. The number of nitriles is 1. The second-order valence-corrected chi connectivity index (χ2v) is 5.72. The molecule has 0 aromatic heterocycles. The first-order chi connectivity index (χ1) is 10.0. The number of rotatable bonds is 8. The van der Waals surface area contributed by atoms with Crippen molar-refractivity contribution in [1.82, 2.24) is 5.32 Å². The quantitative estimate of drug-likeness (QED) is 0.798. The van der Waals surface area contributed by atoms with Gasteiger partial charge >= 0.3 is 0 Å². The van der Waals surface area contributed by atoms with Crippen molar-refractivity contribution in [3.8, 4) is 11.8 Å². The van der Waals surface area contributed by atoms with Gasteiger partial charge in [-0.2, -0.15) is 5.26 Å². The summed E-state index contributed by atoms with van der Waals surface area (Å²) >= 11 is 0. The van der Waals surface area contributed by atoms with Gasteiger partial charge in [-0.05, 0) is 37.5 Å². The van der Waals surface area contributed by atoms with Gasteiger partial charge in [-0.3, -0.25) is 4.79 Å². The minimum absolute atomic E-state index is 0.0244. The molecule has 0 aliphatic carbocycles. The van der Waals surface area contributed by atoms with Crippen molar-refractivity contribution in [2.24, 2.45) is 5.92 Å². The average molecular weight is 288 g/mol. The van der Waals surface area contributed by atoms with Crippen LogP contribution in [0.2, 0.25) is 0 Å². The predicted octanol–water partition coefficient (Wildman–Crippen LogP) is 3.27. The van der Waals surface area contributed by atoms with E-state index in [1.807, 2.05) is 13.0 Å². The molecule has 1 atom stereocenters. The molecule has 0 spiro atoms. The van der Waals surface area contributed by atoms with Crippen LogP contribution in [0.5, 0.6) is 5.75 Å². The number of nitrogens with one attached hydrogen (secondary N) is 1. The Labute approximate surface area is 127 Å². The third-order valence-corrected chi connectivity index (χ3v) is 3.16. The van der Waals surface area contributed by atoms with E-state index in [1.54, 1.807) is 24.3 Å². The summed E-state index contributed by atoms with van der Waals surface area (Å²) in [6.07, 6.45) is 3.27. The van der Waals surface area contributed by atoms with Crippen molar-refractivity contribution in [3.05, 3.63) is 29.8 Å². The van der Waals surface area contributed by atoms with Crippen LogP contribution >= 0.6 is 0 Å².